The molecule has 0 aliphatic carbocycles. The van der Waals surface area contributed by atoms with Gasteiger partial charge in [-0.05, 0) is 19.3 Å². The van der Waals surface area contributed by atoms with E-state index in [2.05, 4.69) is 20.3 Å². The summed E-state index contributed by atoms with van der Waals surface area (Å²) in [5, 5.41) is 41.3. The van der Waals surface area contributed by atoms with Crippen molar-refractivity contribution in [2.75, 3.05) is 25.1 Å². The quantitative estimate of drug-likeness (QED) is 0.378. The number of imidazole rings is 1. The molecule has 0 unspecified atom stereocenters. The average Bonchev–Trinajstić information content (AvgIpc) is 3.17. The lowest BCUT2D eigenvalue weighted by Crippen LogP contribution is -2.33. The molecule has 1 aliphatic heterocycles. The molecule has 2 aromatic heterocycles. The molecule has 25 heavy (non-hydrogen) atoms. The van der Waals surface area contributed by atoms with Gasteiger partial charge in [0, 0.05) is 13.2 Å². The van der Waals surface area contributed by atoms with Gasteiger partial charge in [0.1, 0.15) is 24.6 Å². The summed E-state index contributed by atoms with van der Waals surface area (Å²) in [5.74, 6) is 0.569. The molecule has 3 heterocycles. The fraction of sp³-hybridized carbons (Fsp3) is 0.667. The van der Waals surface area contributed by atoms with Crippen LogP contribution in [0.25, 0.3) is 11.2 Å². The molecular formula is C15H23N5O5. The zero-order valence-electron chi connectivity index (χ0n) is 13.7. The first-order valence-corrected chi connectivity index (χ1v) is 8.32. The van der Waals surface area contributed by atoms with Crippen LogP contribution in [0.3, 0.4) is 0 Å². The van der Waals surface area contributed by atoms with Crippen LogP contribution in [0.2, 0.25) is 0 Å². The largest absolute Gasteiger partial charge is 0.396 e. The number of unbranched alkanes of at least 4 members (excludes halogenated alkanes) is 2. The van der Waals surface area contributed by atoms with Gasteiger partial charge in [0.15, 0.2) is 23.2 Å². The van der Waals surface area contributed by atoms with Gasteiger partial charge in [0.2, 0.25) is 0 Å². The van der Waals surface area contributed by atoms with Crippen molar-refractivity contribution in [3.63, 3.8) is 0 Å². The number of anilines is 1. The Morgan fingerprint density at radius 2 is 1.92 bits per heavy atom. The monoisotopic (exact) mass is 353 g/mol. The van der Waals surface area contributed by atoms with Gasteiger partial charge in [-0.1, -0.05) is 0 Å². The van der Waals surface area contributed by atoms with Crippen molar-refractivity contribution in [3.8, 4) is 0 Å². The van der Waals surface area contributed by atoms with Crippen LogP contribution in [-0.2, 0) is 4.74 Å². The van der Waals surface area contributed by atoms with E-state index in [1.807, 2.05) is 0 Å². The molecule has 5 N–H and O–H groups in total. The molecule has 2 aromatic rings. The van der Waals surface area contributed by atoms with E-state index < -0.39 is 31.1 Å². The van der Waals surface area contributed by atoms with Crippen molar-refractivity contribution in [2.45, 2.75) is 43.8 Å². The van der Waals surface area contributed by atoms with Gasteiger partial charge < -0.3 is 30.5 Å². The third-order valence-corrected chi connectivity index (χ3v) is 4.28. The van der Waals surface area contributed by atoms with Crippen LogP contribution in [0, 0.1) is 0 Å². The summed E-state index contributed by atoms with van der Waals surface area (Å²) in [6, 6.07) is 0. The van der Waals surface area contributed by atoms with E-state index in [0.29, 0.717) is 23.5 Å². The SMILES string of the molecule is OCCCCCNc1ncnc2c1ncn2[C@@H]1O[C@H](CO)[C@@H](O)[C@H]1O. The van der Waals surface area contributed by atoms with E-state index in [0.717, 1.165) is 19.3 Å². The maximum absolute atomic E-state index is 10.2. The first-order chi connectivity index (χ1) is 12.2. The average molecular weight is 353 g/mol. The Morgan fingerprint density at radius 3 is 2.64 bits per heavy atom. The van der Waals surface area contributed by atoms with E-state index in [4.69, 9.17) is 9.84 Å². The molecular weight excluding hydrogens is 330 g/mol. The summed E-state index contributed by atoms with van der Waals surface area (Å²) in [5.41, 5.74) is 0.991. The first-order valence-electron chi connectivity index (χ1n) is 8.32. The maximum atomic E-state index is 10.2. The highest BCUT2D eigenvalue weighted by atomic mass is 16.6. The van der Waals surface area contributed by atoms with Gasteiger partial charge in [-0.25, -0.2) is 15.0 Å². The molecule has 0 saturated carbocycles. The van der Waals surface area contributed by atoms with Gasteiger partial charge in [-0.15, -0.1) is 0 Å². The second-order valence-corrected chi connectivity index (χ2v) is 5.99. The fourth-order valence-electron chi connectivity index (χ4n) is 2.90. The smallest absolute Gasteiger partial charge is 0.167 e. The molecule has 0 spiro atoms. The Hall–Kier alpha value is -1.85. The van der Waals surface area contributed by atoms with E-state index in [1.165, 1.54) is 17.2 Å². The van der Waals surface area contributed by atoms with Crippen LogP contribution in [0.15, 0.2) is 12.7 Å². The standard InChI is InChI=1S/C15H23N5O5/c21-5-3-1-2-4-16-13-10-14(18-7-17-13)20(8-19-10)15-12(24)11(23)9(6-22)25-15/h7-9,11-12,15,21-24H,1-6H2,(H,16,17,18)/t9-,11-,12-,15-/m1/s1. The van der Waals surface area contributed by atoms with Crippen molar-refractivity contribution in [1.29, 1.82) is 0 Å². The molecule has 10 heteroatoms. The Labute approximate surface area is 144 Å². The van der Waals surface area contributed by atoms with Gasteiger partial charge in [0.05, 0.1) is 12.9 Å². The molecule has 0 bridgehead atoms. The van der Waals surface area contributed by atoms with Crippen LogP contribution in [0.5, 0.6) is 0 Å². The summed E-state index contributed by atoms with van der Waals surface area (Å²) < 4.78 is 7.05. The number of rotatable bonds is 8. The van der Waals surface area contributed by atoms with Crippen LogP contribution < -0.4 is 5.32 Å². The van der Waals surface area contributed by atoms with Crippen LogP contribution in [0.1, 0.15) is 25.5 Å². The third kappa shape index (κ3) is 3.58. The predicted molar refractivity (Wildman–Crippen MR) is 87.8 cm³/mol. The molecule has 138 valence electrons. The maximum Gasteiger partial charge on any atom is 0.167 e. The van der Waals surface area contributed by atoms with Gasteiger partial charge in [0.25, 0.3) is 0 Å². The van der Waals surface area contributed by atoms with Crippen LogP contribution >= 0.6 is 0 Å². The number of nitrogens with one attached hydrogen (secondary N) is 1. The zero-order valence-corrected chi connectivity index (χ0v) is 13.7. The lowest BCUT2D eigenvalue weighted by molar-refractivity contribution is -0.0511. The highest BCUT2D eigenvalue weighted by Gasteiger charge is 2.44. The molecule has 10 nitrogen and oxygen atoms in total. The van der Waals surface area contributed by atoms with E-state index in [-0.39, 0.29) is 6.61 Å². The van der Waals surface area contributed by atoms with Crippen molar-refractivity contribution in [3.05, 3.63) is 12.7 Å². The Morgan fingerprint density at radius 1 is 1.08 bits per heavy atom. The van der Waals surface area contributed by atoms with Crippen molar-refractivity contribution < 1.29 is 25.2 Å². The number of nitrogens with zero attached hydrogens (tertiary/aromatic N) is 4. The number of fused-ring (bicyclic) bond motifs is 1. The third-order valence-electron chi connectivity index (χ3n) is 4.28. The van der Waals surface area contributed by atoms with Gasteiger partial charge in [-0.2, -0.15) is 0 Å². The Balaban J connectivity index is 1.77. The van der Waals surface area contributed by atoms with Gasteiger partial charge in [-0.3, -0.25) is 4.57 Å². The Kier molecular flexibility index (Phi) is 5.76. The highest BCUT2D eigenvalue weighted by molar-refractivity contribution is 5.82. The normalized spacial score (nSPS) is 26.4. The van der Waals surface area contributed by atoms with Crippen molar-refractivity contribution in [2.24, 2.45) is 0 Å². The summed E-state index contributed by atoms with van der Waals surface area (Å²) in [6.45, 7) is 0.483. The molecule has 0 amide bonds. The van der Waals surface area contributed by atoms with E-state index >= 15 is 0 Å². The number of hydrogen-bond donors (Lipinski definition) is 5. The van der Waals surface area contributed by atoms with Crippen molar-refractivity contribution in [1.82, 2.24) is 19.5 Å². The fourth-order valence-corrected chi connectivity index (χ4v) is 2.90. The molecule has 1 aliphatic rings. The minimum absolute atomic E-state index is 0.187. The molecule has 1 fully saturated rings. The Bertz CT molecular complexity index is 696. The van der Waals surface area contributed by atoms with Gasteiger partial charge >= 0.3 is 0 Å². The summed E-state index contributed by atoms with van der Waals surface area (Å²) >= 11 is 0. The highest BCUT2D eigenvalue weighted by Crippen LogP contribution is 2.32. The first kappa shape index (κ1) is 18.0. The van der Waals surface area contributed by atoms with Crippen molar-refractivity contribution >= 4 is 17.0 Å². The second kappa shape index (κ2) is 8.02. The topological polar surface area (TPSA) is 146 Å². The lowest BCUT2D eigenvalue weighted by Gasteiger charge is -2.16. The van der Waals surface area contributed by atoms with E-state index in [9.17, 15) is 15.3 Å². The van der Waals surface area contributed by atoms with E-state index in [1.54, 1.807) is 0 Å². The molecule has 0 radical (unpaired) electrons. The minimum atomic E-state index is -1.19. The van der Waals surface area contributed by atoms with Crippen LogP contribution in [0.4, 0.5) is 5.82 Å². The zero-order chi connectivity index (χ0) is 17.8. The number of hydrogen-bond acceptors (Lipinski definition) is 9. The molecule has 3 rings (SSSR count). The lowest BCUT2D eigenvalue weighted by atomic mass is 10.1. The molecule has 1 saturated heterocycles. The minimum Gasteiger partial charge on any atom is -0.396 e. The number of aromatic nitrogens is 4. The second-order valence-electron chi connectivity index (χ2n) is 5.99. The molecule has 4 atom stereocenters. The summed E-state index contributed by atoms with van der Waals surface area (Å²) in [6.07, 6.45) is 1.30. The summed E-state index contributed by atoms with van der Waals surface area (Å²) in [7, 11) is 0. The molecule has 0 aromatic carbocycles. The predicted octanol–water partition coefficient (Wildman–Crippen LogP) is -0.988. The number of aliphatic hydroxyl groups is 4. The number of aliphatic hydroxyl groups excluding tert-OH is 4. The number of ether oxygens (including phenoxy) is 1. The summed E-state index contributed by atoms with van der Waals surface area (Å²) in [4.78, 5) is 12.7. The van der Waals surface area contributed by atoms with Crippen LogP contribution in [-0.4, -0.2) is 78.0 Å².